The number of carbonyl (C=O) groups excluding carboxylic acids is 1. The third kappa shape index (κ3) is 6.31. The zero-order valence-corrected chi connectivity index (χ0v) is 13.6. The first-order chi connectivity index (χ1) is 9.79. The number of nitrogens with zero attached hydrogens (tertiary/aromatic N) is 1. The Balaban J connectivity index is 2.60. The van der Waals surface area contributed by atoms with Crippen LogP contribution in [0.5, 0.6) is 5.88 Å². The molecule has 1 atom stereocenters. The van der Waals surface area contributed by atoms with Crippen LogP contribution in [-0.2, 0) is 0 Å². The van der Waals surface area contributed by atoms with Gasteiger partial charge in [0.05, 0.1) is 17.8 Å². The molecule has 1 amide bonds. The normalized spacial score (nSPS) is 12.6. The Morgan fingerprint density at radius 3 is 2.62 bits per heavy atom. The summed E-state index contributed by atoms with van der Waals surface area (Å²) >= 11 is 6.03. The molecule has 0 spiro atoms. The Kier molecular flexibility index (Phi) is 6.92. The van der Waals surface area contributed by atoms with Gasteiger partial charge in [-0.1, -0.05) is 25.4 Å². The van der Waals surface area contributed by atoms with E-state index in [-0.39, 0.29) is 18.6 Å². The van der Waals surface area contributed by atoms with Crippen LogP contribution < -0.4 is 10.1 Å². The Hall–Kier alpha value is -1.33. The molecule has 21 heavy (non-hydrogen) atoms. The molecule has 1 rings (SSSR count). The molecule has 6 heteroatoms. The number of hydrogen-bond acceptors (Lipinski definition) is 4. The average Bonchev–Trinajstić information content (AvgIpc) is 2.37. The second-order valence-electron chi connectivity index (χ2n) is 5.67. The van der Waals surface area contributed by atoms with Crippen LogP contribution in [-0.4, -0.2) is 34.8 Å². The number of rotatable bonds is 7. The van der Waals surface area contributed by atoms with Gasteiger partial charge in [-0.15, -0.1) is 0 Å². The Morgan fingerprint density at radius 2 is 2.10 bits per heavy atom. The quantitative estimate of drug-likeness (QED) is 0.811. The van der Waals surface area contributed by atoms with Crippen molar-refractivity contribution in [3.05, 3.63) is 22.8 Å². The zero-order valence-electron chi connectivity index (χ0n) is 12.9. The summed E-state index contributed by atoms with van der Waals surface area (Å²) in [5.41, 5.74) is 0.341. The van der Waals surface area contributed by atoms with E-state index in [1.807, 2.05) is 27.7 Å². The molecule has 0 bridgehead atoms. The van der Waals surface area contributed by atoms with E-state index < -0.39 is 6.10 Å². The highest BCUT2D eigenvalue weighted by Crippen LogP contribution is 2.23. The van der Waals surface area contributed by atoms with Crippen molar-refractivity contribution in [3.63, 3.8) is 0 Å². The van der Waals surface area contributed by atoms with Gasteiger partial charge < -0.3 is 15.2 Å². The minimum Gasteiger partial charge on any atom is -0.474 e. The van der Waals surface area contributed by atoms with E-state index in [0.29, 0.717) is 28.8 Å². The molecule has 1 aromatic heterocycles. The molecule has 0 aliphatic carbocycles. The van der Waals surface area contributed by atoms with E-state index in [1.165, 1.54) is 12.3 Å². The molecular formula is C15H23ClN2O3. The zero-order chi connectivity index (χ0) is 16.0. The van der Waals surface area contributed by atoms with Crippen molar-refractivity contribution in [2.75, 3.05) is 6.54 Å². The molecule has 1 heterocycles. The third-order valence-electron chi connectivity index (χ3n) is 2.66. The van der Waals surface area contributed by atoms with E-state index in [2.05, 4.69) is 10.3 Å². The predicted octanol–water partition coefficient (Wildman–Crippen LogP) is 2.66. The van der Waals surface area contributed by atoms with Crippen LogP contribution in [0.15, 0.2) is 12.3 Å². The maximum Gasteiger partial charge on any atom is 0.252 e. The minimum absolute atomic E-state index is 0.0409. The van der Waals surface area contributed by atoms with Crippen LogP contribution >= 0.6 is 11.6 Å². The van der Waals surface area contributed by atoms with Gasteiger partial charge in [-0.05, 0) is 32.3 Å². The molecule has 0 fully saturated rings. The number of hydrogen-bond donors (Lipinski definition) is 2. The molecule has 0 saturated heterocycles. The topological polar surface area (TPSA) is 71.5 Å². The minimum atomic E-state index is -0.555. The molecule has 0 saturated carbocycles. The molecule has 1 unspecified atom stereocenters. The summed E-state index contributed by atoms with van der Waals surface area (Å²) in [7, 11) is 0. The first-order valence-electron chi connectivity index (χ1n) is 7.08. The van der Waals surface area contributed by atoms with Gasteiger partial charge in [0.15, 0.2) is 0 Å². The van der Waals surface area contributed by atoms with Crippen molar-refractivity contribution < 1.29 is 14.6 Å². The largest absolute Gasteiger partial charge is 0.474 e. The number of aromatic nitrogens is 1. The number of nitrogens with one attached hydrogen (secondary N) is 1. The van der Waals surface area contributed by atoms with Crippen LogP contribution in [0, 0.1) is 5.92 Å². The smallest absolute Gasteiger partial charge is 0.252 e. The summed E-state index contributed by atoms with van der Waals surface area (Å²) in [5, 5.41) is 12.7. The molecule has 0 radical (unpaired) electrons. The van der Waals surface area contributed by atoms with Crippen molar-refractivity contribution in [1.82, 2.24) is 10.3 Å². The fourth-order valence-corrected chi connectivity index (χ4v) is 2.01. The van der Waals surface area contributed by atoms with Gasteiger partial charge in [-0.2, -0.15) is 0 Å². The standard InChI is InChI=1S/C15H23ClN2O3/c1-9(2)5-12(19)8-17-14(20)11-6-13(16)15(18-7-11)21-10(3)4/h6-7,9-10,12,19H,5,8H2,1-4H3,(H,17,20). The van der Waals surface area contributed by atoms with Gasteiger partial charge >= 0.3 is 0 Å². The fraction of sp³-hybridized carbons (Fsp3) is 0.600. The summed E-state index contributed by atoms with van der Waals surface area (Å²) in [6.07, 6.45) is 1.45. The molecule has 118 valence electrons. The highest BCUT2D eigenvalue weighted by molar-refractivity contribution is 6.32. The Morgan fingerprint density at radius 1 is 1.43 bits per heavy atom. The summed E-state index contributed by atoms with van der Waals surface area (Å²) in [6.45, 7) is 7.98. The van der Waals surface area contributed by atoms with Gasteiger partial charge in [-0.3, -0.25) is 4.79 Å². The highest BCUT2D eigenvalue weighted by atomic mass is 35.5. The predicted molar refractivity (Wildman–Crippen MR) is 82.8 cm³/mol. The highest BCUT2D eigenvalue weighted by Gasteiger charge is 2.13. The van der Waals surface area contributed by atoms with Crippen LogP contribution in [0.4, 0.5) is 0 Å². The van der Waals surface area contributed by atoms with Crippen molar-refractivity contribution in [2.24, 2.45) is 5.92 Å². The second-order valence-corrected chi connectivity index (χ2v) is 6.08. The molecule has 5 nitrogen and oxygen atoms in total. The summed E-state index contributed by atoms with van der Waals surface area (Å²) in [6, 6.07) is 1.51. The summed E-state index contributed by atoms with van der Waals surface area (Å²) in [4.78, 5) is 16.0. The van der Waals surface area contributed by atoms with Gasteiger partial charge in [0.2, 0.25) is 5.88 Å². The Bertz CT molecular complexity index is 478. The number of aliphatic hydroxyl groups is 1. The molecule has 0 aliphatic heterocycles. The Labute approximate surface area is 130 Å². The van der Waals surface area contributed by atoms with Crippen molar-refractivity contribution in [3.8, 4) is 5.88 Å². The first-order valence-corrected chi connectivity index (χ1v) is 7.45. The lowest BCUT2D eigenvalue weighted by Gasteiger charge is -2.14. The van der Waals surface area contributed by atoms with Gasteiger partial charge in [-0.25, -0.2) is 4.98 Å². The molecule has 0 aliphatic rings. The number of carbonyl (C=O) groups is 1. The third-order valence-corrected chi connectivity index (χ3v) is 2.93. The summed E-state index contributed by atoms with van der Waals surface area (Å²) < 4.78 is 5.41. The SMILES string of the molecule is CC(C)CC(O)CNC(=O)c1cnc(OC(C)C)c(Cl)c1. The van der Waals surface area contributed by atoms with Crippen molar-refractivity contribution in [2.45, 2.75) is 46.3 Å². The van der Waals surface area contributed by atoms with E-state index in [0.717, 1.165) is 0 Å². The molecule has 1 aromatic rings. The molecule has 0 aromatic carbocycles. The second kappa shape index (κ2) is 8.20. The number of ether oxygens (including phenoxy) is 1. The number of aliphatic hydroxyl groups excluding tert-OH is 1. The lowest BCUT2D eigenvalue weighted by molar-refractivity contribution is 0.0900. The monoisotopic (exact) mass is 314 g/mol. The van der Waals surface area contributed by atoms with Crippen LogP contribution in [0.2, 0.25) is 5.02 Å². The van der Waals surface area contributed by atoms with Crippen LogP contribution in [0.25, 0.3) is 0 Å². The van der Waals surface area contributed by atoms with Crippen LogP contribution in [0.1, 0.15) is 44.5 Å². The molecular weight excluding hydrogens is 292 g/mol. The van der Waals surface area contributed by atoms with E-state index in [9.17, 15) is 9.90 Å². The molecule has 2 N–H and O–H groups in total. The van der Waals surface area contributed by atoms with Gasteiger partial charge in [0.25, 0.3) is 5.91 Å². The van der Waals surface area contributed by atoms with Gasteiger partial charge in [0, 0.05) is 12.7 Å². The van der Waals surface area contributed by atoms with Crippen molar-refractivity contribution in [1.29, 1.82) is 0 Å². The number of pyridine rings is 1. The summed E-state index contributed by atoms with van der Waals surface area (Å²) in [5.74, 6) is 0.367. The first kappa shape index (κ1) is 17.7. The van der Waals surface area contributed by atoms with Crippen LogP contribution in [0.3, 0.4) is 0 Å². The van der Waals surface area contributed by atoms with Crippen molar-refractivity contribution >= 4 is 17.5 Å². The van der Waals surface area contributed by atoms with E-state index >= 15 is 0 Å². The number of halogens is 1. The number of amides is 1. The fourth-order valence-electron chi connectivity index (χ4n) is 1.80. The maximum absolute atomic E-state index is 12.0. The van der Waals surface area contributed by atoms with Gasteiger partial charge in [0.1, 0.15) is 5.02 Å². The van der Waals surface area contributed by atoms with E-state index in [1.54, 1.807) is 0 Å². The maximum atomic E-state index is 12.0. The average molecular weight is 315 g/mol. The van der Waals surface area contributed by atoms with E-state index in [4.69, 9.17) is 16.3 Å². The lowest BCUT2D eigenvalue weighted by Crippen LogP contribution is -2.32. The lowest BCUT2D eigenvalue weighted by atomic mass is 10.1.